The molecule has 0 aliphatic carbocycles. The van der Waals surface area contributed by atoms with Crippen molar-refractivity contribution in [1.29, 1.82) is 0 Å². The van der Waals surface area contributed by atoms with Crippen molar-refractivity contribution < 1.29 is 12.7 Å². The minimum atomic E-state index is -0.739. The first-order valence-corrected chi connectivity index (χ1v) is 7.85. The summed E-state index contributed by atoms with van der Waals surface area (Å²) in [7, 11) is 0. The monoisotopic (exact) mass is 342 g/mol. The fraction of sp³-hybridized carbons (Fsp3) is 0.0588. The second-order valence-corrected chi connectivity index (χ2v) is 5.71. The summed E-state index contributed by atoms with van der Waals surface area (Å²) in [6.45, 7) is 0. The molecular weight excluding hydrogens is 331 g/mol. The van der Waals surface area contributed by atoms with Crippen LogP contribution in [0, 0.1) is 0 Å². The quantitative estimate of drug-likeness (QED) is 0.556. The predicted octanol–water partition coefficient (Wildman–Crippen LogP) is 4.22. The Labute approximate surface area is 140 Å². The molecule has 0 spiro atoms. The number of benzene rings is 2. The van der Waals surface area contributed by atoms with Crippen LogP contribution < -0.4 is 5.76 Å². The molecule has 0 bridgehead atoms. The molecule has 0 saturated heterocycles. The summed E-state index contributed by atoms with van der Waals surface area (Å²) in [5, 5.41) is 0. The van der Waals surface area contributed by atoms with Gasteiger partial charge in [0.25, 0.3) is 0 Å². The van der Waals surface area contributed by atoms with Gasteiger partial charge in [-0.3, -0.25) is 0 Å². The van der Waals surface area contributed by atoms with Gasteiger partial charge in [-0.15, -0.1) is 3.89 Å². The van der Waals surface area contributed by atoms with Crippen LogP contribution in [-0.4, -0.2) is 8.96 Å². The second kappa shape index (κ2) is 6.01. The van der Waals surface area contributed by atoms with Crippen molar-refractivity contribution in [2.75, 3.05) is 0 Å². The van der Waals surface area contributed by atoms with E-state index in [1.807, 2.05) is 30.3 Å². The highest BCUT2D eigenvalue weighted by Gasteiger charge is 2.12. The number of nitrogens with zero attached hydrogens (tertiary/aromatic N) is 2. The summed E-state index contributed by atoms with van der Waals surface area (Å²) in [6.07, 6.45) is 2.04. The van der Waals surface area contributed by atoms with Crippen LogP contribution in [0.5, 0.6) is 0 Å². The standard InChI is InChI=1S/C17H11FN2O3S/c18-24-20-14-8-11(6-7-15(14)23-17(20)21)9-16-19-13(10-22-16)12-4-2-1-3-5-12/h1-8,10H,9H2. The maximum absolute atomic E-state index is 12.9. The van der Waals surface area contributed by atoms with Crippen molar-refractivity contribution in [3.05, 3.63) is 76.8 Å². The number of rotatable bonds is 4. The van der Waals surface area contributed by atoms with Gasteiger partial charge in [0.15, 0.2) is 23.8 Å². The highest BCUT2D eigenvalue weighted by Crippen LogP contribution is 2.23. The Balaban J connectivity index is 1.65. The van der Waals surface area contributed by atoms with Crippen LogP contribution in [0.1, 0.15) is 11.5 Å². The van der Waals surface area contributed by atoms with Gasteiger partial charge < -0.3 is 8.83 Å². The minimum absolute atomic E-state index is 0.181. The highest BCUT2D eigenvalue weighted by atomic mass is 32.2. The SMILES string of the molecule is O=c1oc2ccc(Cc3nc(-c4ccccc4)co3)cc2n1SF. The maximum atomic E-state index is 12.9. The average Bonchev–Trinajstić information content (AvgIpc) is 3.19. The van der Waals surface area contributed by atoms with Gasteiger partial charge in [-0.05, 0) is 17.7 Å². The number of aromatic nitrogens is 2. The molecule has 0 aliphatic rings. The van der Waals surface area contributed by atoms with E-state index in [0.29, 0.717) is 23.4 Å². The summed E-state index contributed by atoms with van der Waals surface area (Å²) < 4.78 is 24.2. The van der Waals surface area contributed by atoms with Crippen LogP contribution in [0.25, 0.3) is 22.4 Å². The number of fused-ring (bicyclic) bond motifs is 1. The van der Waals surface area contributed by atoms with E-state index in [1.54, 1.807) is 24.5 Å². The van der Waals surface area contributed by atoms with E-state index in [0.717, 1.165) is 20.8 Å². The third-order valence-corrected chi connectivity index (χ3v) is 4.13. The smallest absolute Gasteiger partial charge is 0.432 e. The van der Waals surface area contributed by atoms with Gasteiger partial charge in [0, 0.05) is 12.0 Å². The van der Waals surface area contributed by atoms with Crippen LogP contribution >= 0.6 is 12.3 Å². The average molecular weight is 342 g/mol. The Morgan fingerprint density at radius 3 is 2.79 bits per heavy atom. The van der Waals surface area contributed by atoms with Crippen LogP contribution in [0.4, 0.5) is 3.89 Å². The molecule has 7 heteroatoms. The van der Waals surface area contributed by atoms with Crippen molar-refractivity contribution >= 4 is 23.4 Å². The van der Waals surface area contributed by atoms with Gasteiger partial charge in [-0.1, -0.05) is 36.4 Å². The number of oxazole rings is 2. The number of hydrogen-bond acceptors (Lipinski definition) is 5. The lowest BCUT2D eigenvalue weighted by Crippen LogP contribution is -2.05. The zero-order chi connectivity index (χ0) is 16.5. The van der Waals surface area contributed by atoms with E-state index in [4.69, 9.17) is 8.83 Å². The summed E-state index contributed by atoms with van der Waals surface area (Å²) >= 11 is -0.181. The van der Waals surface area contributed by atoms with Crippen molar-refractivity contribution in [3.63, 3.8) is 0 Å². The Morgan fingerprint density at radius 2 is 2.00 bits per heavy atom. The molecule has 0 saturated carbocycles. The molecule has 0 unspecified atom stereocenters. The lowest BCUT2D eigenvalue weighted by molar-refractivity contribution is 0.507. The molecule has 0 amide bonds. The van der Waals surface area contributed by atoms with E-state index in [2.05, 4.69) is 4.98 Å². The molecular formula is C17H11FN2O3S. The fourth-order valence-electron chi connectivity index (χ4n) is 2.53. The normalized spacial score (nSPS) is 11.2. The summed E-state index contributed by atoms with van der Waals surface area (Å²) in [5.74, 6) is -0.198. The molecule has 2 aromatic heterocycles. The van der Waals surface area contributed by atoms with Gasteiger partial charge in [-0.25, -0.2) is 9.78 Å². The van der Waals surface area contributed by atoms with Gasteiger partial charge in [0.05, 0.1) is 0 Å². The summed E-state index contributed by atoms with van der Waals surface area (Å²) in [4.78, 5) is 16.0. The highest BCUT2D eigenvalue weighted by molar-refractivity contribution is 7.92. The first-order chi connectivity index (χ1) is 11.7. The van der Waals surface area contributed by atoms with Crippen LogP contribution in [-0.2, 0) is 6.42 Å². The predicted molar refractivity (Wildman–Crippen MR) is 89.3 cm³/mol. The van der Waals surface area contributed by atoms with E-state index >= 15 is 0 Å². The van der Waals surface area contributed by atoms with Crippen LogP contribution in [0.2, 0.25) is 0 Å². The minimum Gasteiger partial charge on any atom is -0.448 e. The molecule has 24 heavy (non-hydrogen) atoms. The first kappa shape index (κ1) is 14.8. The molecule has 0 radical (unpaired) electrons. The topological polar surface area (TPSA) is 61.2 Å². The summed E-state index contributed by atoms with van der Waals surface area (Å²) in [5.41, 5.74) is 3.30. The zero-order valence-electron chi connectivity index (χ0n) is 12.3. The Hall–Kier alpha value is -2.80. The molecule has 0 fully saturated rings. The molecule has 2 heterocycles. The second-order valence-electron chi connectivity index (χ2n) is 5.20. The van der Waals surface area contributed by atoms with Crippen molar-refractivity contribution in [3.8, 4) is 11.3 Å². The van der Waals surface area contributed by atoms with Crippen molar-refractivity contribution in [2.24, 2.45) is 0 Å². The molecule has 5 nitrogen and oxygen atoms in total. The van der Waals surface area contributed by atoms with Crippen molar-refractivity contribution in [2.45, 2.75) is 6.42 Å². The van der Waals surface area contributed by atoms with Gasteiger partial charge in [-0.2, -0.15) is 3.97 Å². The molecule has 2 aromatic carbocycles. The molecule has 4 rings (SSSR count). The Morgan fingerprint density at radius 1 is 1.17 bits per heavy atom. The van der Waals surface area contributed by atoms with Gasteiger partial charge in [0.1, 0.15) is 17.5 Å². The molecule has 120 valence electrons. The van der Waals surface area contributed by atoms with Crippen LogP contribution in [0.15, 0.2) is 68.4 Å². The largest absolute Gasteiger partial charge is 0.448 e. The van der Waals surface area contributed by atoms with Crippen LogP contribution in [0.3, 0.4) is 0 Å². The Kier molecular flexibility index (Phi) is 3.70. The van der Waals surface area contributed by atoms with E-state index < -0.39 is 5.76 Å². The maximum Gasteiger partial charge on any atom is 0.432 e. The molecule has 0 aliphatic heterocycles. The molecule has 4 aromatic rings. The summed E-state index contributed by atoms with van der Waals surface area (Å²) in [6, 6.07) is 14.8. The van der Waals surface area contributed by atoms with Gasteiger partial charge in [0.2, 0.25) is 0 Å². The van der Waals surface area contributed by atoms with E-state index in [-0.39, 0.29) is 12.3 Å². The lowest BCUT2D eigenvalue weighted by Gasteiger charge is -1.98. The zero-order valence-corrected chi connectivity index (χ0v) is 13.1. The lowest BCUT2D eigenvalue weighted by atomic mass is 10.1. The third kappa shape index (κ3) is 2.63. The van der Waals surface area contributed by atoms with Gasteiger partial charge >= 0.3 is 5.76 Å². The number of halogens is 1. The van der Waals surface area contributed by atoms with E-state index in [9.17, 15) is 8.68 Å². The molecule has 0 N–H and O–H groups in total. The first-order valence-electron chi connectivity index (χ1n) is 7.18. The van der Waals surface area contributed by atoms with E-state index in [1.165, 1.54) is 0 Å². The molecule has 0 atom stereocenters. The van der Waals surface area contributed by atoms with Crippen molar-refractivity contribution in [1.82, 2.24) is 8.96 Å². The fourth-order valence-corrected chi connectivity index (χ4v) is 2.84. The Bertz CT molecular complexity index is 1050. The number of hydrogen-bond donors (Lipinski definition) is 0. The third-order valence-electron chi connectivity index (χ3n) is 3.65.